The molecule has 0 spiro atoms. The summed E-state index contributed by atoms with van der Waals surface area (Å²) in [5.74, 6) is 0.876. The molecule has 0 saturated heterocycles. The number of hydrogen-bond acceptors (Lipinski definition) is 2. The molecule has 3 heteroatoms. The smallest absolute Gasteiger partial charge is 0.150 e. The van der Waals surface area contributed by atoms with Crippen LogP contribution in [0.3, 0.4) is 0 Å². The van der Waals surface area contributed by atoms with Crippen molar-refractivity contribution in [2.75, 3.05) is 0 Å². The van der Waals surface area contributed by atoms with E-state index >= 15 is 0 Å². The molecule has 0 saturated carbocycles. The molecule has 0 atom stereocenters. The monoisotopic (exact) mass is 213 g/mol. The summed E-state index contributed by atoms with van der Waals surface area (Å²) in [6.45, 7) is 6.81. The Labute approximate surface area is 95.5 Å². The van der Waals surface area contributed by atoms with Crippen molar-refractivity contribution in [1.29, 1.82) is 0 Å². The van der Waals surface area contributed by atoms with Crippen LogP contribution in [0.25, 0.3) is 5.57 Å². The number of aromatic nitrogens is 3. The van der Waals surface area contributed by atoms with E-state index in [4.69, 9.17) is 0 Å². The molecule has 0 aliphatic carbocycles. The lowest BCUT2D eigenvalue weighted by Crippen LogP contribution is -2.01. The van der Waals surface area contributed by atoms with Crippen molar-refractivity contribution < 1.29 is 0 Å². The fraction of sp³-hybridized carbons (Fsp3) is 0.231. The van der Waals surface area contributed by atoms with Gasteiger partial charge in [-0.15, -0.1) is 0 Å². The Balaban J connectivity index is 2.08. The largest absolute Gasteiger partial charge is 0.248 e. The molecule has 2 aromatic rings. The van der Waals surface area contributed by atoms with Gasteiger partial charge in [0.2, 0.25) is 0 Å². The lowest BCUT2D eigenvalue weighted by atomic mass is 10.1. The van der Waals surface area contributed by atoms with E-state index in [1.807, 2.05) is 29.8 Å². The van der Waals surface area contributed by atoms with Gasteiger partial charge in [0.15, 0.2) is 0 Å². The van der Waals surface area contributed by atoms with Gasteiger partial charge in [0.05, 0.1) is 6.54 Å². The van der Waals surface area contributed by atoms with Crippen LogP contribution in [0.2, 0.25) is 0 Å². The molecule has 0 unspecified atom stereocenters. The van der Waals surface area contributed by atoms with E-state index in [1.54, 1.807) is 6.33 Å². The fourth-order valence-electron chi connectivity index (χ4n) is 1.53. The van der Waals surface area contributed by atoms with E-state index in [1.165, 1.54) is 0 Å². The van der Waals surface area contributed by atoms with Crippen molar-refractivity contribution in [3.05, 3.63) is 54.6 Å². The maximum absolute atomic E-state index is 4.34. The maximum atomic E-state index is 4.34. The Bertz CT molecular complexity index is 471. The average molecular weight is 213 g/mol. The molecule has 82 valence electrons. The topological polar surface area (TPSA) is 30.7 Å². The predicted molar refractivity (Wildman–Crippen MR) is 64.9 cm³/mol. The molecule has 0 amide bonds. The molecule has 0 fully saturated rings. The van der Waals surface area contributed by atoms with Crippen molar-refractivity contribution in [2.24, 2.45) is 0 Å². The van der Waals surface area contributed by atoms with Crippen molar-refractivity contribution in [2.45, 2.75) is 19.9 Å². The second-order valence-corrected chi connectivity index (χ2v) is 3.68. The number of nitrogens with zero attached hydrogens (tertiary/aromatic N) is 3. The van der Waals surface area contributed by atoms with Gasteiger partial charge in [0, 0.05) is 6.42 Å². The standard InChI is InChI=1S/C13H15N3/c1-3-13-14-10-16(15-13)9-11(2)12-7-5-4-6-8-12/h4-8,10H,2-3,9H2,1H3. The van der Waals surface area contributed by atoms with Gasteiger partial charge >= 0.3 is 0 Å². The summed E-state index contributed by atoms with van der Waals surface area (Å²) < 4.78 is 1.83. The molecule has 16 heavy (non-hydrogen) atoms. The van der Waals surface area contributed by atoms with E-state index in [0.717, 1.165) is 23.4 Å². The maximum Gasteiger partial charge on any atom is 0.150 e. The fourth-order valence-corrected chi connectivity index (χ4v) is 1.53. The Morgan fingerprint density at radius 1 is 1.31 bits per heavy atom. The Hall–Kier alpha value is -1.90. The van der Waals surface area contributed by atoms with Crippen LogP contribution >= 0.6 is 0 Å². The molecule has 0 radical (unpaired) electrons. The van der Waals surface area contributed by atoms with Crippen LogP contribution in [0.4, 0.5) is 0 Å². The van der Waals surface area contributed by atoms with Gasteiger partial charge in [0.25, 0.3) is 0 Å². The van der Waals surface area contributed by atoms with Gasteiger partial charge in [0.1, 0.15) is 12.2 Å². The Morgan fingerprint density at radius 3 is 2.69 bits per heavy atom. The zero-order chi connectivity index (χ0) is 11.4. The number of rotatable bonds is 4. The summed E-state index contributed by atoms with van der Waals surface area (Å²) in [6.07, 6.45) is 2.62. The summed E-state index contributed by atoms with van der Waals surface area (Å²) in [5, 5.41) is 4.34. The van der Waals surface area contributed by atoms with Gasteiger partial charge in [-0.1, -0.05) is 43.8 Å². The van der Waals surface area contributed by atoms with Gasteiger partial charge in [-0.05, 0) is 11.1 Å². The Morgan fingerprint density at radius 2 is 2.06 bits per heavy atom. The molecule has 3 nitrogen and oxygen atoms in total. The zero-order valence-electron chi connectivity index (χ0n) is 9.43. The second kappa shape index (κ2) is 4.75. The molecule has 1 aromatic heterocycles. The third-order valence-electron chi connectivity index (χ3n) is 2.44. The van der Waals surface area contributed by atoms with E-state index in [-0.39, 0.29) is 0 Å². The molecule has 0 aliphatic heterocycles. The molecule has 2 rings (SSSR count). The summed E-state index contributed by atoms with van der Waals surface area (Å²) in [7, 11) is 0. The molecule has 0 N–H and O–H groups in total. The van der Waals surface area contributed by atoms with Crippen molar-refractivity contribution in [3.8, 4) is 0 Å². The summed E-state index contributed by atoms with van der Waals surface area (Å²) in [5.41, 5.74) is 2.20. The SMILES string of the molecule is C=C(Cn1cnc(CC)n1)c1ccccc1. The zero-order valence-corrected chi connectivity index (χ0v) is 9.43. The van der Waals surface area contributed by atoms with Crippen molar-refractivity contribution >= 4 is 5.57 Å². The van der Waals surface area contributed by atoms with Crippen LogP contribution in [0, 0.1) is 0 Å². The molecular weight excluding hydrogens is 198 g/mol. The van der Waals surface area contributed by atoms with E-state index in [2.05, 4.69) is 28.8 Å². The van der Waals surface area contributed by atoms with Crippen LogP contribution in [-0.2, 0) is 13.0 Å². The van der Waals surface area contributed by atoms with Gasteiger partial charge in [-0.25, -0.2) is 9.67 Å². The van der Waals surface area contributed by atoms with Crippen LogP contribution < -0.4 is 0 Å². The minimum absolute atomic E-state index is 0.691. The van der Waals surface area contributed by atoms with Crippen LogP contribution in [0.15, 0.2) is 43.2 Å². The second-order valence-electron chi connectivity index (χ2n) is 3.68. The molecule has 0 aliphatic rings. The highest BCUT2D eigenvalue weighted by Crippen LogP contribution is 2.13. The number of benzene rings is 1. The first-order chi connectivity index (χ1) is 7.79. The summed E-state index contributed by atoms with van der Waals surface area (Å²) >= 11 is 0. The van der Waals surface area contributed by atoms with Crippen LogP contribution in [0.5, 0.6) is 0 Å². The highest BCUT2D eigenvalue weighted by Gasteiger charge is 2.02. The summed E-state index contributed by atoms with van der Waals surface area (Å²) in [6, 6.07) is 10.1. The lowest BCUT2D eigenvalue weighted by molar-refractivity contribution is 0.697. The summed E-state index contributed by atoms with van der Waals surface area (Å²) in [4.78, 5) is 4.19. The first-order valence-electron chi connectivity index (χ1n) is 5.41. The molecule has 0 bridgehead atoms. The molecular formula is C13H15N3. The molecule has 1 heterocycles. The first kappa shape index (κ1) is 10.6. The Kier molecular flexibility index (Phi) is 3.15. The van der Waals surface area contributed by atoms with Crippen molar-refractivity contribution in [1.82, 2.24) is 14.8 Å². The third-order valence-corrected chi connectivity index (χ3v) is 2.44. The highest BCUT2D eigenvalue weighted by molar-refractivity contribution is 5.62. The highest BCUT2D eigenvalue weighted by atomic mass is 15.3. The van der Waals surface area contributed by atoms with Gasteiger partial charge < -0.3 is 0 Å². The number of hydrogen-bond donors (Lipinski definition) is 0. The van der Waals surface area contributed by atoms with E-state index < -0.39 is 0 Å². The van der Waals surface area contributed by atoms with Crippen LogP contribution in [-0.4, -0.2) is 14.8 Å². The van der Waals surface area contributed by atoms with Crippen molar-refractivity contribution in [3.63, 3.8) is 0 Å². The van der Waals surface area contributed by atoms with E-state index in [0.29, 0.717) is 6.54 Å². The van der Waals surface area contributed by atoms with Gasteiger partial charge in [-0.2, -0.15) is 5.10 Å². The van der Waals surface area contributed by atoms with Gasteiger partial charge in [-0.3, -0.25) is 0 Å². The number of aryl methyl sites for hydroxylation is 1. The third kappa shape index (κ3) is 2.37. The first-order valence-corrected chi connectivity index (χ1v) is 5.41. The minimum atomic E-state index is 0.691. The minimum Gasteiger partial charge on any atom is -0.248 e. The van der Waals surface area contributed by atoms with Crippen LogP contribution in [0.1, 0.15) is 18.3 Å². The number of allylic oxidation sites excluding steroid dienone is 1. The average Bonchev–Trinajstić information content (AvgIpc) is 2.78. The molecule has 1 aromatic carbocycles. The lowest BCUT2D eigenvalue weighted by Gasteiger charge is -2.05. The predicted octanol–water partition coefficient (Wildman–Crippen LogP) is 2.55. The van der Waals surface area contributed by atoms with E-state index in [9.17, 15) is 0 Å². The normalized spacial score (nSPS) is 10.3. The quantitative estimate of drug-likeness (QED) is 0.781.